The molecule has 0 atom stereocenters. The van der Waals surface area contributed by atoms with Crippen molar-refractivity contribution in [1.29, 1.82) is 0 Å². The van der Waals surface area contributed by atoms with Gasteiger partial charge >= 0.3 is 0 Å². The average Bonchev–Trinajstić information content (AvgIpc) is 2.41. The van der Waals surface area contributed by atoms with Gasteiger partial charge in [-0.1, -0.05) is 19.9 Å². The van der Waals surface area contributed by atoms with Crippen molar-refractivity contribution >= 4 is 11.8 Å². The minimum atomic E-state index is 0.266. The van der Waals surface area contributed by atoms with E-state index in [1.54, 1.807) is 7.11 Å². The quantitative estimate of drug-likeness (QED) is 0.684. The van der Waals surface area contributed by atoms with E-state index in [2.05, 4.69) is 31.3 Å². The van der Waals surface area contributed by atoms with Gasteiger partial charge in [0.15, 0.2) is 0 Å². The highest BCUT2D eigenvalue weighted by atomic mass is 32.2. The molecule has 3 nitrogen and oxygen atoms in total. The molecular weight excluding hydrogens is 258 g/mol. The number of benzene rings is 1. The highest BCUT2D eigenvalue weighted by Crippen LogP contribution is 2.25. The molecule has 0 heterocycles. The van der Waals surface area contributed by atoms with Crippen LogP contribution in [0.25, 0.3) is 0 Å². The van der Waals surface area contributed by atoms with Crippen LogP contribution in [0.3, 0.4) is 0 Å². The molecule has 0 aliphatic carbocycles. The van der Waals surface area contributed by atoms with E-state index in [-0.39, 0.29) is 6.61 Å². The van der Waals surface area contributed by atoms with Crippen LogP contribution in [0.15, 0.2) is 18.2 Å². The van der Waals surface area contributed by atoms with Gasteiger partial charge in [-0.15, -0.1) is 0 Å². The Kier molecular flexibility index (Phi) is 7.94. The van der Waals surface area contributed by atoms with Crippen LogP contribution < -0.4 is 10.1 Å². The standard InChI is InChI=1S/C15H25NO2S/c1-12(2)16-10-13-5-6-15(18-3)14(9-13)11-19-8-4-7-17/h5-6,9,12,16-17H,4,7-8,10-11H2,1-3H3. The van der Waals surface area contributed by atoms with E-state index in [4.69, 9.17) is 9.84 Å². The van der Waals surface area contributed by atoms with Gasteiger partial charge in [0.1, 0.15) is 5.75 Å². The van der Waals surface area contributed by atoms with Gasteiger partial charge in [-0.05, 0) is 29.9 Å². The number of aliphatic hydroxyl groups excluding tert-OH is 1. The number of methoxy groups -OCH3 is 1. The van der Waals surface area contributed by atoms with Crippen molar-refractivity contribution in [3.63, 3.8) is 0 Å². The molecule has 0 bridgehead atoms. The fraction of sp³-hybridized carbons (Fsp3) is 0.600. The van der Waals surface area contributed by atoms with Gasteiger partial charge in [0.25, 0.3) is 0 Å². The van der Waals surface area contributed by atoms with Crippen LogP contribution in [0.1, 0.15) is 31.4 Å². The third-order valence-electron chi connectivity index (χ3n) is 2.76. The van der Waals surface area contributed by atoms with E-state index in [1.165, 1.54) is 11.1 Å². The monoisotopic (exact) mass is 283 g/mol. The summed E-state index contributed by atoms with van der Waals surface area (Å²) in [5, 5.41) is 12.2. The molecule has 1 rings (SSSR count). The maximum Gasteiger partial charge on any atom is 0.122 e. The van der Waals surface area contributed by atoms with Crippen LogP contribution in [0.2, 0.25) is 0 Å². The molecule has 2 N–H and O–H groups in total. The first-order valence-corrected chi connectivity index (χ1v) is 7.90. The van der Waals surface area contributed by atoms with Crippen LogP contribution in [-0.2, 0) is 12.3 Å². The second-order valence-electron chi connectivity index (χ2n) is 4.81. The van der Waals surface area contributed by atoms with Gasteiger partial charge < -0.3 is 15.2 Å². The molecule has 19 heavy (non-hydrogen) atoms. The second kappa shape index (κ2) is 9.23. The van der Waals surface area contributed by atoms with Gasteiger partial charge in [-0.2, -0.15) is 11.8 Å². The van der Waals surface area contributed by atoms with Crippen LogP contribution >= 0.6 is 11.8 Å². The summed E-state index contributed by atoms with van der Waals surface area (Å²) < 4.78 is 5.40. The Bertz CT molecular complexity index is 369. The Hall–Kier alpha value is -0.710. The zero-order chi connectivity index (χ0) is 14.1. The minimum absolute atomic E-state index is 0.266. The van der Waals surface area contributed by atoms with E-state index >= 15 is 0 Å². The van der Waals surface area contributed by atoms with Gasteiger partial charge in [0.05, 0.1) is 7.11 Å². The summed E-state index contributed by atoms with van der Waals surface area (Å²) in [4.78, 5) is 0. The molecule has 1 aromatic carbocycles. The molecular formula is C15H25NO2S. The van der Waals surface area contributed by atoms with E-state index in [0.29, 0.717) is 6.04 Å². The molecule has 0 fully saturated rings. The Labute approximate surface area is 120 Å². The molecule has 4 heteroatoms. The first-order valence-electron chi connectivity index (χ1n) is 6.75. The average molecular weight is 283 g/mol. The highest BCUT2D eigenvalue weighted by Gasteiger charge is 2.05. The molecule has 0 spiro atoms. The molecule has 0 saturated carbocycles. The largest absolute Gasteiger partial charge is 0.496 e. The molecule has 0 aliphatic rings. The lowest BCUT2D eigenvalue weighted by atomic mass is 10.1. The molecule has 1 aromatic rings. The molecule has 0 aliphatic heterocycles. The SMILES string of the molecule is COc1ccc(CNC(C)C)cc1CSCCCO. The molecule has 0 saturated heterocycles. The number of ether oxygens (including phenoxy) is 1. The van der Waals surface area contributed by atoms with Crippen LogP contribution in [0.5, 0.6) is 5.75 Å². The third kappa shape index (κ3) is 6.32. The van der Waals surface area contributed by atoms with E-state index in [1.807, 2.05) is 17.8 Å². The Balaban J connectivity index is 2.61. The number of nitrogens with one attached hydrogen (secondary N) is 1. The van der Waals surface area contributed by atoms with Crippen LogP contribution in [-0.4, -0.2) is 30.6 Å². The summed E-state index contributed by atoms with van der Waals surface area (Å²) in [5.41, 5.74) is 2.51. The van der Waals surface area contributed by atoms with E-state index in [9.17, 15) is 0 Å². The summed E-state index contributed by atoms with van der Waals surface area (Å²) in [7, 11) is 1.71. The number of thioether (sulfide) groups is 1. The maximum atomic E-state index is 8.78. The zero-order valence-electron chi connectivity index (χ0n) is 12.1. The Morgan fingerprint density at radius 3 is 2.79 bits per heavy atom. The van der Waals surface area contributed by atoms with Crippen LogP contribution in [0, 0.1) is 0 Å². The second-order valence-corrected chi connectivity index (χ2v) is 5.92. The summed E-state index contributed by atoms with van der Waals surface area (Å²) in [5.74, 6) is 2.86. The van der Waals surface area contributed by atoms with Crippen molar-refractivity contribution in [2.24, 2.45) is 0 Å². The lowest BCUT2D eigenvalue weighted by molar-refractivity contribution is 0.296. The lowest BCUT2D eigenvalue weighted by Gasteiger charge is -2.12. The Morgan fingerprint density at radius 1 is 1.37 bits per heavy atom. The number of rotatable bonds is 9. The number of hydrogen-bond acceptors (Lipinski definition) is 4. The number of aliphatic hydroxyl groups is 1. The van der Waals surface area contributed by atoms with Gasteiger partial charge in [-0.3, -0.25) is 0 Å². The van der Waals surface area contributed by atoms with Crippen molar-refractivity contribution in [3.8, 4) is 5.75 Å². The van der Waals surface area contributed by atoms with E-state index < -0.39 is 0 Å². The van der Waals surface area contributed by atoms with Crippen LogP contribution in [0.4, 0.5) is 0 Å². The summed E-state index contributed by atoms with van der Waals surface area (Å²) in [6.45, 7) is 5.45. The predicted octanol–water partition coefficient (Wildman–Crippen LogP) is 2.81. The smallest absolute Gasteiger partial charge is 0.122 e. The first-order chi connectivity index (χ1) is 9.17. The molecule has 0 amide bonds. The van der Waals surface area contributed by atoms with Crippen molar-refractivity contribution in [2.45, 2.75) is 38.6 Å². The van der Waals surface area contributed by atoms with Gasteiger partial charge in [0, 0.05) is 30.5 Å². The normalized spacial score (nSPS) is 11.0. The lowest BCUT2D eigenvalue weighted by Crippen LogP contribution is -2.21. The van der Waals surface area contributed by atoms with Gasteiger partial charge in [-0.25, -0.2) is 0 Å². The molecule has 0 aromatic heterocycles. The summed E-state index contributed by atoms with van der Waals surface area (Å²) >= 11 is 1.83. The Morgan fingerprint density at radius 2 is 2.16 bits per heavy atom. The first kappa shape index (κ1) is 16.3. The molecule has 108 valence electrons. The van der Waals surface area contributed by atoms with Gasteiger partial charge in [0.2, 0.25) is 0 Å². The van der Waals surface area contributed by atoms with E-state index in [0.717, 1.165) is 30.2 Å². The molecule has 0 unspecified atom stereocenters. The predicted molar refractivity (Wildman–Crippen MR) is 82.8 cm³/mol. The summed E-state index contributed by atoms with van der Waals surface area (Å²) in [6.07, 6.45) is 0.849. The fourth-order valence-corrected chi connectivity index (χ4v) is 2.65. The molecule has 0 radical (unpaired) electrons. The topological polar surface area (TPSA) is 41.5 Å². The summed E-state index contributed by atoms with van der Waals surface area (Å²) in [6, 6.07) is 6.85. The maximum absolute atomic E-state index is 8.78. The van der Waals surface area contributed by atoms with Crippen molar-refractivity contribution < 1.29 is 9.84 Å². The fourth-order valence-electron chi connectivity index (χ4n) is 1.73. The van der Waals surface area contributed by atoms with Crippen molar-refractivity contribution in [3.05, 3.63) is 29.3 Å². The minimum Gasteiger partial charge on any atom is -0.496 e. The van der Waals surface area contributed by atoms with Crippen molar-refractivity contribution in [2.75, 3.05) is 19.5 Å². The number of hydrogen-bond donors (Lipinski definition) is 2. The zero-order valence-corrected chi connectivity index (χ0v) is 12.9. The van der Waals surface area contributed by atoms with Crippen molar-refractivity contribution in [1.82, 2.24) is 5.32 Å². The third-order valence-corrected chi connectivity index (χ3v) is 3.86. The highest BCUT2D eigenvalue weighted by molar-refractivity contribution is 7.98.